The van der Waals surface area contributed by atoms with Crippen LogP contribution in [0.25, 0.3) is 0 Å². The van der Waals surface area contributed by atoms with E-state index in [2.05, 4.69) is 41.5 Å². The summed E-state index contributed by atoms with van der Waals surface area (Å²) in [5, 5.41) is 0. The maximum absolute atomic E-state index is 5.74. The first kappa shape index (κ1) is 78.1. The number of nitrogens with zero attached hydrogens (tertiary/aromatic N) is 2. The SMILES string of the molecule is CC[N+](CC)(CC)CCOCCOCCOCCOCCOCCOCCOCCOCCOCCOCCOCCOCCOCCOCCOCCOCCOCCOCCOCCOCCOCC[N+](CC)(CC)CC. The fourth-order valence-electron chi connectivity index (χ4n) is 7.31. The predicted molar refractivity (Wildman–Crippen MR) is 301 cm³/mol. The summed E-state index contributed by atoms with van der Waals surface area (Å²) in [4.78, 5) is 0. The first-order valence-electron chi connectivity index (χ1n) is 29.9. The summed E-state index contributed by atoms with van der Waals surface area (Å²) < 4.78 is 119. The van der Waals surface area contributed by atoms with Gasteiger partial charge in [-0.2, -0.15) is 0 Å². The molecule has 23 heteroatoms. The van der Waals surface area contributed by atoms with Crippen molar-refractivity contribution < 1.29 is 108 Å². The maximum atomic E-state index is 5.74. The second kappa shape index (κ2) is 66.2. The van der Waals surface area contributed by atoms with Gasteiger partial charge in [-0.1, -0.05) is 0 Å². The zero-order valence-corrected chi connectivity index (χ0v) is 50.8. The van der Waals surface area contributed by atoms with Crippen LogP contribution in [0.2, 0.25) is 0 Å². The van der Waals surface area contributed by atoms with Crippen LogP contribution < -0.4 is 0 Å². The first-order valence-corrected chi connectivity index (χ1v) is 29.9. The van der Waals surface area contributed by atoms with Crippen LogP contribution in [0.5, 0.6) is 0 Å². The van der Waals surface area contributed by atoms with Gasteiger partial charge in [0.25, 0.3) is 0 Å². The quantitative estimate of drug-likeness (QED) is 0.0637. The summed E-state index contributed by atoms with van der Waals surface area (Å²) in [6, 6.07) is 0. The summed E-state index contributed by atoms with van der Waals surface area (Å²) >= 11 is 0. The fourth-order valence-corrected chi connectivity index (χ4v) is 7.31. The van der Waals surface area contributed by atoms with E-state index in [1.807, 2.05) is 0 Å². The highest BCUT2D eigenvalue weighted by molar-refractivity contribution is 4.44. The predicted octanol–water partition coefficient (Wildman–Crippen LogP) is 3.09. The van der Waals surface area contributed by atoms with Gasteiger partial charge in [-0.3, -0.25) is 0 Å². The molecule has 0 aromatic heterocycles. The molecule has 0 saturated carbocycles. The average Bonchev–Trinajstić information content (AvgIpc) is 3.47. The van der Waals surface area contributed by atoms with Crippen molar-refractivity contribution in [1.29, 1.82) is 0 Å². The van der Waals surface area contributed by atoms with Gasteiger partial charge in [0.15, 0.2) is 0 Å². The van der Waals surface area contributed by atoms with Crippen molar-refractivity contribution in [3.8, 4) is 0 Å². The van der Waals surface area contributed by atoms with Crippen molar-refractivity contribution in [2.75, 3.05) is 330 Å². The third kappa shape index (κ3) is 57.3. The van der Waals surface area contributed by atoms with Crippen LogP contribution in [0.3, 0.4) is 0 Å². The lowest BCUT2D eigenvalue weighted by Crippen LogP contribution is -2.49. The number of hydrogen-bond acceptors (Lipinski definition) is 21. The van der Waals surface area contributed by atoms with Crippen LogP contribution in [0.15, 0.2) is 0 Å². The zero-order chi connectivity index (χ0) is 57.2. The molecule has 0 N–H and O–H groups in total. The number of rotatable bonds is 72. The normalized spacial score (nSPS) is 12.2. The van der Waals surface area contributed by atoms with E-state index in [0.29, 0.717) is 264 Å². The minimum absolute atomic E-state index is 0.492. The standard InChI is InChI=1S/C56H118N2O21/c1-7-57(8-2,9-3)13-15-59-17-19-61-21-23-63-25-27-65-29-31-67-33-35-69-37-39-71-41-43-73-45-47-75-49-51-77-53-55-79-56-54-78-52-50-76-48-46-74-44-42-72-40-38-70-36-34-68-32-30-66-28-26-64-24-22-62-20-18-60-16-14-58(10-4,11-5)12-6/h7-56H2,1-6H3/q+2. The molecule has 0 aromatic carbocycles. The molecule has 0 aliphatic rings. The van der Waals surface area contributed by atoms with Gasteiger partial charge >= 0.3 is 0 Å². The molecule has 0 atom stereocenters. The molecule has 79 heavy (non-hydrogen) atoms. The minimum Gasteiger partial charge on any atom is -0.377 e. The minimum atomic E-state index is 0.492. The highest BCUT2D eigenvalue weighted by Gasteiger charge is 2.21. The molecule has 476 valence electrons. The summed E-state index contributed by atoms with van der Waals surface area (Å²) in [6.45, 7) is 44.6. The molecule has 0 heterocycles. The molecular formula is C56H118N2O21+2. The van der Waals surface area contributed by atoms with Crippen molar-refractivity contribution in [2.24, 2.45) is 0 Å². The molecule has 0 saturated heterocycles. The van der Waals surface area contributed by atoms with Gasteiger partial charge in [0, 0.05) is 0 Å². The lowest BCUT2D eigenvalue weighted by molar-refractivity contribution is -0.923. The fraction of sp³-hybridized carbons (Fsp3) is 1.00. The van der Waals surface area contributed by atoms with Gasteiger partial charge < -0.3 is 108 Å². The molecule has 0 spiro atoms. The molecule has 0 aliphatic heterocycles. The van der Waals surface area contributed by atoms with Gasteiger partial charge in [-0.25, -0.2) is 0 Å². The molecule has 0 amide bonds. The lowest BCUT2D eigenvalue weighted by atomic mass is 10.3. The first-order chi connectivity index (χ1) is 39.1. The van der Waals surface area contributed by atoms with E-state index >= 15 is 0 Å². The Kier molecular flexibility index (Phi) is 65.5. The van der Waals surface area contributed by atoms with Gasteiger partial charge in [-0.15, -0.1) is 0 Å². The van der Waals surface area contributed by atoms with Crippen LogP contribution in [-0.4, -0.2) is 339 Å². The molecule has 0 unspecified atom stereocenters. The monoisotopic (exact) mass is 1150 g/mol. The smallest absolute Gasteiger partial charge is 0.102 e. The highest BCUT2D eigenvalue weighted by Crippen LogP contribution is 2.06. The van der Waals surface area contributed by atoms with E-state index in [4.69, 9.17) is 99.5 Å². The van der Waals surface area contributed by atoms with E-state index in [-0.39, 0.29) is 0 Å². The van der Waals surface area contributed by atoms with Crippen molar-refractivity contribution >= 4 is 0 Å². The van der Waals surface area contributed by atoms with E-state index < -0.39 is 0 Å². The Balaban J connectivity index is 3.13. The Morgan fingerprint density at radius 3 is 0.278 bits per heavy atom. The van der Waals surface area contributed by atoms with Crippen LogP contribution in [-0.2, 0) is 99.5 Å². The average molecular weight is 1160 g/mol. The highest BCUT2D eigenvalue weighted by atomic mass is 16.6. The Hall–Kier alpha value is -0.920. The summed E-state index contributed by atoms with van der Waals surface area (Å²) in [7, 11) is 0. The van der Waals surface area contributed by atoms with Gasteiger partial charge in [0.05, 0.1) is 317 Å². The van der Waals surface area contributed by atoms with Gasteiger partial charge in [-0.05, 0) is 41.5 Å². The summed E-state index contributed by atoms with van der Waals surface area (Å²) in [6.07, 6.45) is 0. The Bertz CT molecular complexity index is 1030. The Morgan fingerprint density at radius 2 is 0.203 bits per heavy atom. The molecule has 0 radical (unpaired) electrons. The van der Waals surface area contributed by atoms with Crippen LogP contribution in [0.4, 0.5) is 0 Å². The molecule has 0 aliphatic carbocycles. The third-order valence-electron chi connectivity index (χ3n) is 12.9. The van der Waals surface area contributed by atoms with Crippen molar-refractivity contribution in [1.82, 2.24) is 0 Å². The Labute approximate surface area is 478 Å². The van der Waals surface area contributed by atoms with Crippen molar-refractivity contribution in [3.05, 3.63) is 0 Å². The van der Waals surface area contributed by atoms with Crippen LogP contribution in [0, 0.1) is 0 Å². The van der Waals surface area contributed by atoms with Crippen molar-refractivity contribution in [2.45, 2.75) is 41.5 Å². The lowest BCUT2D eigenvalue weighted by Gasteiger charge is -2.35. The second-order valence-electron chi connectivity index (χ2n) is 17.9. The summed E-state index contributed by atoms with van der Waals surface area (Å²) in [5.74, 6) is 0. The number of likely N-dealkylation sites (N-methyl/N-ethyl adjacent to an activating group) is 2. The van der Waals surface area contributed by atoms with Gasteiger partial charge in [0.1, 0.15) is 13.1 Å². The second-order valence-corrected chi connectivity index (χ2v) is 17.9. The molecular weight excluding hydrogens is 1040 g/mol. The summed E-state index contributed by atoms with van der Waals surface area (Å²) in [5.41, 5.74) is 0. The topological polar surface area (TPSA) is 194 Å². The molecule has 0 rings (SSSR count). The van der Waals surface area contributed by atoms with E-state index in [1.54, 1.807) is 0 Å². The van der Waals surface area contributed by atoms with E-state index in [0.717, 1.165) is 74.5 Å². The van der Waals surface area contributed by atoms with Crippen molar-refractivity contribution in [3.63, 3.8) is 0 Å². The molecule has 0 bridgehead atoms. The largest absolute Gasteiger partial charge is 0.377 e. The maximum Gasteiger partial charge on any atom is 0.102 e. The molecule has 23 nitrogen and oxygen atoms in total. The molecule has 0 aromatic rings. The zero-order valence-electron chi connectivity index (χ0n) is 50.8. The number of quaternary nitrogens is 2. The Morgan fingerprint density at radius 1 is 0.127 bits per heavy atom. The molecule has 0 fully saturated rings. The van der Waals surface area contributed by atoms with Crippen LogP contribution in [0.1, 0.15) is 41.5 Å². The number of ether oxygens (including phenoxy) is 21. The number of hydrogen-bond donors (Lipinski definition) is 0. The van der Waals surface area contributed by atoms with E-state index in [9.17, 15) is 0 Å². The van der Waals surface area contributed by atoms with E-state index in [1.165, 1.54) is 0 Å². The van der Waals surface area contributed by atoms with Gasteiger partial charge in [0.2, 0.25) is 0 Å². The third-order valence-corrected chi connectivity index (χ3v) is 12.9. The van der Waals surface area contributed by atoms with Crippen LogP contribution >= 0.6 is 0 Å².